The van der Waals surface area contributed by atoms with E-state index in [1.807, 2.05) is 86.6 Å². The standard InChI is InChI=1S/C13H23N3OP/c1-14(2)18(15(3)4,16(5)6)13(17)12-10-8-7-9-11-12/h7-11H,1-6H3/q+1. The summed E-state index contributed by atoms with van der Waals surface area (Å²) in [5.41, 5.74) is 0.949. The molecule has 18 heavy (non-hydrogen) atoms. The summed E-state index contributed by atoms with van der Waals surface area (Å²) in [6.07, 6.45) is 0. The number of benzene rings is 1. The van der Waals surface area contributed by atoms with E-state index in [0.29, 0.717) is 0 Å². The molecule has 1 aromatic rings. The molecule has 0 N–H and O–H groups in total. The number of carbonyl (C=O) groups excluding carboxylic acids is 1. The van der Waals surface area contributed by atoms with Crippen LogP contribution in [0.15, 0.2) is 30.3 Å². The van der Waals surface area contributed by atoms with Crippen molar-refractivity contribution in [1.82, 2.24) is 14.0 Å². The van der Waals surface area contributed by atoms with Gasteiger partial charge in [-0.2, -0.15) is 0 Å². The maximum absolute atomic E-state index is 12.9. The zero-order chi connectivity index (χ0) is 13.9. The molecule has 0 amide bonds. The van der Waals surface area contributed by atoms with Crippen molar-refractivity contribution in [1.29, 1.82) is 0 Å². The first kappa shape index (κ1) is 15.3. The summed E-state index contributed by atoms with van der Waals surface area (Å²) in [5.74, 6) is 0. The van der Waals surface area contributed by atoms with Crippen LogP contribution in [0.5, 0.6) is 0 Å². The van der Waals surface area contributed by atoms with Crippen LogP contribution in [0.3, 0.4) is 0 Å². The largest absolute Gasteiger partial charge is 0.351 e. The molecule has 4 nitrogen and oxygen atoms in total. The third kappa shape index (κ3) is 2.47. The molecule has 1 rings (SSSR count). The van der Waals surface area contributed by atoms with Crippen LogP contribution in [0.25, 0.3) is 0 Å². The Hall–Kier alpha value is -0.800. The molecule has 0 aromatic heterocycles. The van der Waals surface area contributed by atoms with Crippen LogP contribution < -0.4 is 0 Å². The third-order valence-electron chi connectivity index (χ3n) is 2.97. The van der Waals surface area contributed by atoms with Gasteiger partial charge in [0.15, 0.2) is 0 Å². The molecular formula is C13H23N3OP+. The van der Waals surface area contributed by atoms with Gasteiger partial charge < -0.3 is 0 Å². The second kappa shape index (κ2) is 5.89. The van der Waals surface area contributed by atoms with Crippen molar-refractivity contribution in [2.24, 2.45) is 0 Å². The van der Waals surface area contributed by atoms with Crippen molar-refractivity contribution >= 4 is 13.2 Å². The normalized spacial score (nSPS) is 12.5. The highest BCUT2D eigenvalue weighted by Gasteiger charge is 2.56. The molecule has 0 unspecified atom stereocenters. The lowest BCUT2D eigenvalue weighted by molar-refractivity contribution is 0.105. The van der Waals surface area contributed by atoms with Gasteiger partial charge in [0.05, 0.1) is 5.56 Å². The highest BCUT2D eigenvalue weighted by atomic mass is 31.2. The Labute approximate surface area is 111 Å². The van der Waals surface area contributed by atoms with Crippen molar-refractivity contribution in [2.75, 3.05) is 42.3 Å². The Bertz CT molecular complexity index is 382. The highest BCUT2D eigenvalue weighted by Crippen LogP contribution is 2.65. The molecule has 0 fully saturated rings. The molecule has 0 radical (unpaired) electrons. The fourth-order valence-corrected chi connectivity index (χ4v) is 6.10. The van der Waals surface area contributed by atoms with Gasteiger partial charge >= 0.3 is 13.2 Å². The van der Waals surface area contributed by atoms with E-state index in [1.165, 1.54) is 0 Å². The lowest BCUT2D eigenvalue weighted by Crippen LogP contribution is -2.40. The van der Waals surface area contributed by atoms with E-state index >= 15 is 0 Å². The van der Waals surface area contributed by atoms with E-state index in [1.54, 1.807) is 0 Å². The lowest BCUT2D eigenvalue weighted by Gasteiger charge is -2.37. The molecule has 0 aliphatic carbocycles. The monoisotopic (exact) mass is 268 g/mol. The number of hydrogen-bond donors (Lipinski definition) is 0. The van der Waals surface area contributed by atoms with E-state index < -0.39 is 7.71 Å². The van der Waals surface area contributed by atoms with Gasteiger partial charge in [0.1, 0.15) is 0 Å². The molecular weight excluding hydrogens is 245 g/mol. The molecule has 5 heteroatoms. The van der Waals surface area contributed by atoms with Crippen LogP contribution in [0.2, 0.25) is 0 Å². The first-order valence-electron chi connectivity index (χ1n) is 5.87. The van der Waals surface area contributed by atoms with Crippen molar-refractivity contribution in [3.63, 3.8) is 0 Å². The van der Waals surface area contributed by atoms with E-state index in [2.05, 4.69) is 0 Å². The molecule has 0 heterocycles. The van der Waals surface area contributed by atoms with Crippen LogP contribution in [-0.2, 0) is 0 Å². The maximum Gasteiger partial charge on any atom is 0.351 e. The second-order valence-electron chi connectivity index (χ2n) is 4.78. The summed E-state index contributed by atoms with van der Waals surface area (Å²) in [6.45, 7) is 0. The SMILES string of the molecule is CN(C)[P+](C(=O)c1ccccc1)(N(C)C)N(C)C. The Morgan fingerprint density at radius 3 is 1.56 bits per heavy atom. The summed E-state index contributed by atoms with van der Waals surface area (Å²) in [6, 6.07) is 9.50. The number of hydrogen-bond acceptors (Lipinski definition) is 4. The Balaban J connectivity index is 3.32. The van der Waals surface area contributed by atoms with Gasteiger partial charge in [-0.05, 0) is 12.1 Å². The van der Waals surface area contributed by atoms with Gasteiger partial charge in [0, 0.05) is 42.3 Å². The van der Waals surface area contributed by atoms with Crippen LogP contribution >= 0.6 is 7.71 Å². The summed E-state index contributed by atoms with van der Waals surface area (Å²) < 4.78 is 6.13. The fraction of sp³-hybridized carbons (Fsp3) is 0.462. The summed E-state index contributed by atoms with van der Waals surface area (Å²) in [4.78, 5) is 12.9. The zero-order valence-corrected chi connectivity index (χ0v) is 13.0. The zero-order valence-electron chi connectivity index (χ0n) is 12.1. The van der Waals surface area contributed by atoms with E-state index in [9.17, 15) is 4.79 Å². The van der Waals surface area contributed by atoms with Crippen LogP contribution in [0, 0.1) is 0 Å². The molecule has 100 valence electrons. The number of nitrogens with zero attached hydrogens (tertiary/aromatic N) is 3. The Kier molecular flexibility index (Phi) is 5.00. The molecule has 0 saturated carbocycles. The number of rotatable bonds is 5. The molecule has 0 bridgehead atoms. The van der Waals surface area contributed by atoms with Gasteiger partial charge in [-0.15, -0.1) is 14.0 Å². The summed E-state index contributed by atoms with van der Waals surface area (Å²) in [5, 5.41) is 0. The van der Waals surface area contributed by atoms with Gasteiger partial charge in [-0.3, -0.25) is 0 Å². The van der Waals surface area contributed by atoms with E-state index in [0.717, 1.165) is 5.56 Å². The third-order valence-corrected chi connectivity index (χ3v) is 7.12. The average Bonchev–Trinajstić information content (AvgIpc) is 2.29. The predicted molar refractivity (Wildman–Crippen MR) is 78.8 cm³/mol. The first-order valence-corrected chi connectivity index (χ1v) is 7.52. The predicted octanol–water partition coefficient (Wildman–Crippen LogP) is 2.27. The fourth-order valence-electron chi connectivity index (χ4n) is 2.37. The smallest absolute Gasteiger partial charge is 0.241 e. The topological polar surface area (TPSA) is 26.8 Å². The average molecular weight is 268 g/mol. The molecule has 1 aromatic carbocycles. The molecule has 0 aliphatic rings. The van der Waals surface area contributed by atoms with Gasteiger partial charge in [0.25, 0.3) is 0 Å². The Morgan fingerprint density at radius 2 is 1.22 bits per heavy atom. The van der Waals surface area contributed by atoms with Crippen LogP contribution in [-0.4, -0.2) is 61.8 Å². The maximum atomic E-state index is 12.9. The minimum absolute atomic E-state index is 0.183. The van der Waals surface area contributed by atoms with Crippen molar-refractivity contribution in [3.8, 4) is 0 Å². The van der Waals surface area contributed by atoms with Gasteiger partial charge in [-0.25, -0.2) is 4.79 Å². The van der Waals surface area contributed by atoms with Gasteiger partial charge in [-0.1, -0.05) is 18.2 Å². The lowest BCUT2D eigenvalue weighted by atomic mass is 10.2. The van der Waals surface area contributed by atoms with Crippen molar-refractivity contribution in [3.05, 3.63) is 35.9 Å². The molecule has 0 atom stereocenters. The van der Waals surface area contributed by atoms with Crippen LogP contribution in [0.4, 0.5) is 0 Å². The summed E-state index contributed by atoms with van der Waals surface area (Å²) in [7, 11) is 9.64. The quantitative estimate of drug-likeness (QED) is 0.765. The molecule has 0 aliphatic heterocycles. The van der Waals surface area contributed by atoms with Crippen molar-refractivity contribution < 1.29 is 4.79 Å². The highest BCUT2D eigenvalue weighted by molar-refractivity contribution is 7.85. The van der Waals surface area contributed by atoms with E-state index in [4.69, 9.17) is 0 Å². The second-order valence-corrected chi connectivity index (χ2v) is 8.72. The van der Waals surface area contributed by atoms with E-state index in [-0.39, 0.29) is 5.52 Å². The summed E-state index contributed by atoms with van der Waals surface area (Å²) >= 11 is 0. The number of carbonyl (C=O) groups is 1. The van der Waals surface area contributed by atoms with Crippen LogP contribution in [0.1, 0.15) is 10.4 Å². The molecule has 0 saturated heterocycles. The minimum Gasteiger partial charge on any atom is -0.241 e. The Morgan fingerprint density at radius 1 is 0.833 bits per heavy atom. The van der Waals surface area contributed by atoms with Crippen molar-refractivity contribution in [2.45, 2.75) is 0 Å². The van der Waals surface area contributed by atoms with Gasteiger partial charge in [0.2, 0.25) is 0 Å². The first-order chi connectivity index (χ1) is 8.35. The molecule has 0 spiro atoms. The minimum atomic E-state index is -2.16.